The fraction of sp³-hybridized carbons (Fsp3) is 0.188. The number of halogens is 3. The summed E-state index contributed by atoms with van der Waals surface area (Å²) in [6.45, 7) is -0.945. The van der Waals surface area contributed by atoms with E-state index in [1.165, 1.54) is 30.3 Å². The zero-order chi connectivity index (χ0) is 21.9. The Bertz CT molecular complexity index is 1100. The number of alkyl halides is 3. The Hall–Kier alpha value is -2.64. The molecule has 0 atom stereocenters. The summed E-state index contributed by atoms with van der Waals surface area (Å²) in [5, 5.41) is 10.3. The van der Waals surface area contributed by atoms with Gasteiger partial charge in [-0.3, -0.25) is 0 Å². The van der Waals surface area contributed by atoms with E-state index in [0.717, 1.165) is 0 Å². The highest BCUT2D eigenvalue weighted by Gasteiger charge is 2.38. The molecule has 0 heterocycles. The van der Waals surface area contributed by atoms with Crippen LogP contribution >= 0.6 is 0 Å². The van der Waals surface area contributed by atoms with Crippen LogP contribution in [-0.2, 0) is 26.0 Å². The minimum absolute atomic E-state index is 0.221. The summed E-state index contributed by atoms with van der Waals surface area (Å²) in [5.74, 6) is 0. The molecule has 13 heteroatoms. The van der Waals surface area contributed by atoms with Crippen molar-refractivity contribution in [3.8, 4) is 0 Å². The topological polar surface area (TPSA) is 130 Å². The largest absolute Gasteiger partial charge is 0.465 e. The predicted molar refractivity (Wildman–Crippen MR) is 94.6 cm³/mol. The molecule has 0 fully saturated rings. The molecule has 2 rings (SSSR count). The van der Waals surface area contributed by atoms with Gasteiger partial charge in [-0.2, -0.15) is 13.2 Å². The molecule has 0 unspecified atom stereocenters. The van der Waals surface area contributed by atoms with Gasteiger partial charge in [0.25, 0.3) is 0 Å². The standard InChI is InChI=1S/C16H15F3N2O6S2/c17-16(18,19)13-7-6-12(28(24,25)11-4-2-1-3-5-11)10-14(13)29(26,27)21-9-8-20-15(22)23/h1-7,10,20-21H,8-9H2,(H,22,23). The van der Waals surface area contributed by atoms with Crippen LogP contribution in [0.5, 0.6) is 0 Å². The lowest BCUT2D eigenvalue weighted by Crippen LogP contribution is -2.34. The van der Waals surface area contributed by atoms with Gasteiger partial charge < -0.3 is 10.4 Å². The Balaban J connectivity index is 2.52. The van der Waals surface area contributed by atoms with Crippen molar-refractivity contribution in [2.24, 2.45) is 0 Å². The minimum Gasteiger partial charge on any atom is -0.465 e. The number of rotatable bonds is 7. The maximum Gasteiger partial charge on any atom is 0.417 e. The fourth-order valence-electron chi connectivity index (χ4n) is 2.29. The third kappa shape index (κ3) is 5.46. The van der Waals surface area contributed by atoms with E-state index >= 15 is 0 Å². The number of amides is 1. The molecule has 0 aliphatic heterocycles. The quantitative estimate of drug-likeness (QED) is 0.552. The van der Waals surface area contributed by atoms with Crippen molar-refractivity contribution in [3.63, 3.8) is 0 Å². The van der Waals surface area contributed by atoms with E-state index < -0.39 is 60.6 Å². The maximum absolute atomic E-state index is 13.3. The lowest BCUT2D eigenvalue weighted by Gasteiger charge is -2.15. The van der Waals surface area contributed by atoms with E-state index in [0.29, 0.717) is 18.2 Å². The Morgan fingerprint density at radius 1 is 0.931 bits per heavy atom. The Kier molecular flexibility index (Phi) is 6.55. The molecule has 2 aromatic carbocycles. The number of hydrogen-bond acceptors (Lipinski definition) is 5. The fourth-order valence-corrected chi connectivity index (χ4v) is 4.96. The number of hydrogen-bond donors (Lipinski definition) is 3. The van der Waals surface area contributed by atoms with Crippen LogP contribution in [0.15, 0.2) is 63.2 Å². The Morgan fingerprint density at radius 3 is 2.10 bits per heavy atom. The van der Waals surface area contributed by atoms with Crippen molar-refractivity contribution in [1.82, 2.24) is 10.0 Å². The molecule has 0 saturated heterocycles. The number of benzene rings is 2. The molecule has 0 aliphatic rings. The summed E-state index contributed by atoms with van der Waals surface area (Å²) in [6, 6.07) is 8.27. The van der Waals surface area contributed by atoms with Crippen molar-refractivity contribution in [1.29, 1.82) is 0 Å². The molecular formula is C16H15F3N2O6S2. The SMILES string of the molecule is O=C(O)NCCNS(=O)(=O)c1cc(S(=O)(=O)c2ccccc2)ccc1C(F)(F)F. The first-order chi connectivity index (χ1) is 13.4. The van der Waals surface area contributed by atoms with Crippen LogP contribution < -0.4 is 10.0 Å². The van der Waals surface area contributed by atoms with Gasteiger partial charge in [-0.1, -0.05) is 18.2 Å². The third-order valence-electron chi connectivity index (χ3n) is 3.61. The first kappa shape index (κ1) is 22.6. The normalized spacial score (nSPS) is 12.5. The van der Waals surface area contributed by atoms with Gasteiger partial charge >= 0.3 is 12.3 Å². The summed E-state index contributed by atoms with van der Waals surface area (Å²) >= 11 is 0. The van der Waals surface area contributed by atoms with Crippen LogP contribution in [0.4, 0.5) is 18.0 Å². The molecule has 0 spiro atoms. The molecule has 0 saturated carbocycles. The molecule has 0 radical (unpaired) electrons. The van der Waals surface area contributed by atoms with Crippen molar-refractivity contribution in [3.05, 3.63) is 54.1 Å². The van der Waals surface area contributed by atoms with Gasteiger partial charge in [0.1, 0.15) is 0 Å². The summed E-state index contributed by atoms with van der Waals surface area (Å²) in [7, 11) is -9.07. The molecule has 3 N–H and O–H groups in total. The molecule has 29 heavy (non-hydrogen) atoms. The monoisotopic (exact) mass is 452 g/mol. The van der Waals surface area contributed by atoms with Crippen molar-refractivity contribution in [2.45, 2.75) is 20.9 Å². The van der Waals surface area contributed by atoms with E-state index in [9.17, 15) is 34.8 Å². The molecule has 2 aromatic rings. The second-order valence-corrected chi connectivity index (χ2v) is 9.29. The minimum atomic E-state index is -5.07. The second-order valence-electron chi connectivity index (χ2n) is 5.60. The van der Waals surface area contributed by atoms with E-state index in [2.05, 4.69) is 0 Å². The van der Waals surface area contributed by atoms with E-state index in [4.69, 9.17) is 5.11 Å². The van der Waals surface area contributed by atoms with Crippen LogP contribution in [0.25, 0.3) is 0 Å². The lowest BCUT2D eigenvalue weighted by molar-refractivity contribution is -0.139. The van der Waals surface area contributed by atoms with Crippen molar-refractivity contribution < 1.29 is 39.9 Å². The molecular weight excluding hydrogens is 437 g/mol. The van der Waals surface area contributed by atoms with Crippen LogP contribution in [0.3, 0.4) is 0 Å². The van der Waals surface area contributed by atoms with Crippen molar-refractivity contribution >= 4 is 26.0 Å². The van der Waals surface area contributed by atoms with Crippen LogP contribution in [0.1, 0.15) is 5.56 Å². The molecule has 0 bridgehead atoms. The zero-order valence-corrected chi connectivity index (χ0v) is 16.1. The molecule has 0 aromatic heterocycles. The Morgan fingerprint density at radius 2 is 1.55 bits per heavy atom. The number of carbonyl (C=O) groups is 1. The number of carboxylic acid groups (broad SMARTS) is 1. The average Bonchev–Trinajstić information content (AvgIpc) is 2.64. The summed E-state index contributed by atoms with van der Waals surface area (Å²) in [5.41, 5.74) is -1.55. The zero-order valence-electron chi connectivity index (χ0n) is 14.5. The van der Waals surface area contributed by atoms with Gasteiger partial charge in [-0.25, -0.2) is 26.4 Å². The van der Waals surface area contributed by atoms with Gasteiger partial charge in [0.05, 0.1) is 20.2 Å². The van der Waals surface area contributed by atoms with Crippen LogP contribution in [0.2, 0.25) is 0 Å². The summed E-state index contributed by atoms with van der Waals surface area (Å²) in [4.78, 5) is 8.23. The Labute approximate surface area is 164 Å². The van der Waals surface area contributed by atoms with Crippen LogP contribution in [0, 0.1) is 0 Å². The lowest BCUT2D eigenvalue weighted by atomic mass is 10.2. The highest BCUT2D eigenvalue weighted by molar-refractivity contribution is 7.91. The van der Waals surface area contributed by atoms with Gasteiger partial charge in [-0.15, -0.1) is 0 Å². The van der Waals surface area contributed by atoms with Gasteiger partial charge in [0.15, 0.2) is 0 Å². The smallest absolute Gasteiger partial charge is 0.417 e. The molecule has 158 valence electrons. The first-order valence-electron chi connectivity index (χ1n) is 7.83. The molecule has 0 aliphatic carbocycles. The van der Waals surface area contributed by atoms with E-state index in [1.807, 2.05) is 10.0 Å². The molecule has 1 amide bonds. The number of sulfone groups is 1. The highest BCUT2D eigenvalue weighted by Crippen LogP contribution is 2.36. The van der Waals surface area contributed by atoms with Crippen molar-refractivity contribution in [2.75, 3.05) is 13.1 Å². The van der Waals surface area contributed by atoms with Crippen LogP contribution in [-0.4, -0.2) is 41.1 Å². The summed E-state index contributed by atoms with van der Waals surface area (Å²) < 4.78 is 91.7. The average molecular weight is 452 g/mol. The third-order valence-corrected chi connectivity index (χ3v) is 6.87. The van der Waals surface area contributed by atoms with Gasteiger partial charge in [0, 0.05) is 13.1 Å². The summed E-state index contributed by atoms with van der Waals surface area (Å²) in [6.07, 6.45) is -6.52. The van der Waals surface area contributed by atoms with E-state index in [1.54, 1.807) is 0 Å². The predicted octanol–water partition coefficient (Wildman–Crippen LogP) is 2.08. The van der Waals surface area contributed by atoms with Gasteiger partial charge in [0.2, 0.25) is 19.9 Å². The van der Waals surface area contributed by atoms with Gasteiger partial charge in [-0.05, 0) is 30.3 Å². The van der Waals surface area contributed by atoms with E-state index in [-0.39, 0.29) is 4.90 Å². The number of sulfonamides is 1. The first-order valence-corrected chi connectivity index (χ1v) is 10.8. The maximum atomic E-state index is 13.3. The second kappa shape index (κ2) is 8.39. The number of nitrogens with one attached hydrogen (secondary N) is 2. The highest BCUT2D eigenvalue weighted by atomic mass is 32.2. The molecule has 8 nitrogen and oxygen atoms in total.